The lowest BCUT2D eigenvalue weighted by molar-refractivity contribution is -0.137. The third-order valence-corrected chi connectivity index (χ3v) is 4.76. The Kier molecular flexibility index (Phi) is 4.60. The van der Waals surface area contributed by atoms with Crippen LogP contribution in [0.25, 0.3) is 10.9 Å². The molecule has 1 aliphatic rings. The van der Waals surface area contributed by atoms with Crippen LogP contribution in [-0.2, 0) is 9.53 Å². The van der Waals surface area contributed by atoms with E-state index in [-0.39, 0.29) is 18.6 Å². The van der Waals surface area contributed by atoms with Crippen molar-refractivity contribution in [2.24, 2.45) is 0 Å². The van der Waals surface area contributed by atoms with E-state index >= 15 is 0 Å². The normalized spacial score (nSPS) is 18.0. The fourth-order valence-corrected chi connectivity index (χ4v) is 3.47. The number of ether oxygens (including phenoxy) is 1. The third-order valence-electron chi connectivity index (χ3n) is 4.76. The Labute approximate surface area is 142 Å². The monoisotopic (exact) mass is 328 g/mol. The van der Waals surface area contributed by atoms with Crippen LogP contribution in [0.5, 0.6) is 0 Å². The van der Waals surface area contributed by atoms with Crippen LogP contribution in [0.15, 0.2) is 18.2 Å². The number of likely N-dealkylation sites (tertiary alicyclic amines) is 1. The zero-order valence-electron chi connectivity index (χ0n) is 14.5. The van der Waals surface area contributed by atoms with Crippen molar-refractivity contribution >= 4 is 22.8 Å². The minimum atomic E-state index is -0.485. The Morgan fingerprint density at radius 2 is 2.04 bits per heavy atom. The summed E-state index contributed by atoms with van der Waals surface area (Å²) in [6.07, 6.45) is 3.18. The van der Waals surface area contributed by atoms with Crippen molar-refractivity contribution in [1.29, 1.82) is 0 Å². The molecule has 1 saturated heterocycles. The highest BCUT2D eigenvalue weighted by atomic mass is 16.5. The number of carbonyl (C=O) groups excluding carboxylic acids is 2. The van der Waals surface area contributed by atoms with Gasteiger partial charge >= 0.3 is 5.97 Å². The largest absolute Gasteiger partial charge is 0.451 e. The van der Waals surface area contributed by atoms with E-state index in [1.165, 1.54) is 0 Å². The molecule has 1 amide bonds. The van der Waals surface area contributed by atoms with Crippen molar-refractivity contribution in [3.63, 3.8) is 0 Å². The first-order valence-corrected chi connectivity index (χ1v) is 8.52. The number of hydrogen-bond acceptors (Lipinski definition) is 3. The average molecular weight is 328 g/mol. The highest BCUT2D eigenvalue weighted by Gasteiger charge is 2.24. The Hall–Kier alpha value is -2.30. The van der Waals surface area contributed by atoms with E-state index in [4.69, 9.17) is 4.74 Å². The summed E-state index contributed by atoms with van der Waals surface area (Å²) in [6.45, 7) is 6.63. The van der Waals surface area contributed by atoms with Gasteiger partial charge in [0.25, 0.3) is 5.91 Å². The van der Waals surface area contributed by atoms with E-state index in [9.17, 15) is 9.59 Å². The number of esters is 1. The lowest BCUT2D eigenvalue weighted by Gasteiger charge is -2.33. The van der Waals surface area contributed by atoms with Crippen LogP contribution in [0.3, 0.4) is 0 Å². The number of amides is 1. The van der Waals surface area contributed by atoms with Gasteiger partial charge in [-0.25, -0.2) is 4.79 Å². The molecule has 0 bridgehead atoms. The zero-order valence-corrected chi connectivity index (χ0v) is 14.5. The third kappa shape index (κ3) is 3.30. The Morgan fingerprint density at radius 1 is 1.25 bits per heavy atom. The van der Waals surface area contributed by atoms with E-state index in [2.05, 4.69) is 11.1 Å². The molecule has 1 fully saturated rings. The summed E-state index contributed by atoms with van der Waals surface area (Å²) in [5.41, 5.74) is 3.54. The summed E-state index contributed by atoms with van der Waals surface area (Å²) >= 11 is 0. The summed E-state index contributed by atoms with van der Waals surface area (Å²) in [5, 5.41) is 1.00. The van der Waals surface area contributed by atoms with E-state index in [0.717, 1.165) is 47.8 Å². The molecule has 1 aromatic carbocycles. The number of aromatic amines is 1. The Bertz CT molecular complexity index is 778. The second-order valence-corrected chi connectivity index (χ2v) is 6.73. The number of aromatic nitrogens is 1. The molecule has 5 heteroatoms. The number of nitrogens with zero attached hydrogens (tertiary/aromatic N) is 1. The van der Waals surface area contributed by atoms with Crippen LogP contribution < -0.4 is 0 Å². The van der Waals surface area contributed by atoms with Gasteiger partial charge in [0.1, 0.15) is 5.69 Å². The molecule has 0 radical (unpaired) electrons. The highest BCUT2D eigenvalue weighted by molar-refractivity contribution is 5.97. The van der Waals surface area contributed by atoms with Gasteiger partial charge in [-0.1, -0.05) is 6.07 Å². The Morgan fingerprint density at radius 3 is 2.79 bits per heavy atom. The maximum Gasteiger partial charge on any atom is 0.355 e. The molecule has 5 nitrogen and oxygen atoms in total. The predicted molar refractivity (Wildman–Crippen MR) is 93.1 cm³/mol. The number of fused-ring (bicyclic) bond motifs is 1. The van der Waals surface area contributed by atoms with E-state index in [1.54, 1.807) is 6.07 Å². The molecule has 1 N–H and O–H groups in total. The number of nitrogens with one attached hydrogen (secondary N) is 1. The number of aryl methyl sites for hydroxylation is 2. The Balaban J connectivity index is 1.67. The highest BCUT2D eigenvalue weighted by Crippen LogP contribution is 2.22. The predicted octanol–water partition coefficient (Wildman–Crippen LogP) is 3.34. The van der Waals surface area contributed by atoms with Gasteiger partial charge in [-0.3, -0.25) is 4.79 Å². The molecular formula is C19H24N2O3. The number of piperidine rings is 1. The first-order valence-electron chi connectivity index (χ1n) is 8.52. The minimum absolute atomic E-state index is 0.112. The van der Waals surface area contributed by atoms with Crippen molar-refractivity contribution in [2.45, 2.75) is 46.1 Å². The fraction of sp³-hybridized carbons (Fsp3) is 0.474. The lowest BCUT2D eigenvalue weighted by Crippen LogP contribution is -2.44. The van der Waals surface area contributed by atoms with Crippen molar-refractivity contribution in [3.05, 3.63) is 35.0 Å². The molecule has 24 heavy (non-hydrogen) atoms. The van der Waals surface area contributed by atoms with Crippen molar-refractivity contribution in [3.8, 4) is 0 Å². The van der Waals surface area contributed by atoms with Gasteiger partial charge in [0.05, 0.1) is 0 Å². The number of H-pyrrole nitrogens is 1. The van der Waals surface area contributed by atoms with Gasteiger partial charge in [0.2, 0.25) is 0 Å². The SMILES string of the molecule is Cc1cc(C)c2cc(C(=O)OCC(=O)N3CCCC[C@@H]3C)[nH]c2c1. The fourth-order valence-electron chi connectivity index (χ4n) is 3.47. The first-order chi connectivity index (χ1) is 11.5. The quantitative estimate of drug-likeness (QED) is 0.879. The molecule has 0 spiro atoms. The van der Waals surface area contributed by atoms with Gasteiger partial charge in [-0.05, 0) is 63.3 Å². The molecule has 2 heterocycles. The second-order valence-electron chi connectivity index (χ2n) is 6.73. The van der Waals surface area contributed by atoms with Crippen molar-refractivity contribution in [1.82, 2.24) is 9.88 Å². The van der Waals surface area contributed by atoms with Gasteiger partial charge in [0.15, 0.2) is 6.61 Å². The maximum absolute atomic E-state index is 12.3. The van der Waals surface area contributed by atoms with Crippen LogP contribution in [-0.4, -0.2) is 41.0 Å². The molecule has 1 aromatic heterocycles. The smallest absolute Gasteiger partial charge is 0.355 e. The summed E-state index contributed by atoms with van der Waals surface area (Å²) in [7, 11) is 0. The van der Waals surface area contributed by atoms with Gasteiger partial charge in [0, 0.05) is 23.5 Å². The maximum atomic E-state index is 12.3. The number of hydrogen-bond donors (Lipinski definition) is 1. The van der Waals surface area contributed by atoms with Crippen LogP contribution >= 0.6 is 0 Å². The summed E-state index contributed by atoms with van der Waals surface area (Å²) in [4.78, 5) is 29.4. The summed E-state index contributed by atoms with van der Waals surface area (Å²) in [5.74, 6) is -0.597. The molecule has 1 aliphatic heterocycles. The minimum Gasteiger partial charge on any atom is -0.451 e. The number of benzene rings is 1. The van der Waals surface area contributed by atoms with E-state index < -0.39 is 5.97 Å². The van der Waals surface area contributed by atoms with E-state index in [0.29, 0.717) is 5.69 Å². The average Bonchev–Trinajstić information content (AvgIpc) is 2.97. The summed E-state index contributed by atoms with van der Waals surface area (Å²) < 4.78 is 5.23. The van der Waals surface area contributed by atoms with Crippen LogP contribution in [0.2, 0.25) is 0 Å². The van der Waals surface area contributed by atoms with E-state index in [1.807, 2.05) is 31.7 Å². The molecule has 128 valence electrons. The van der Waals surface area contributed by atoms with Crippen LogP contribution in [0.1, 0.15) is 47.8 Å². The van der Waals surface area contributed by atoms with Crippen LogP contribution in [0.4, 0.5) is 0 Å². The van der Waals surface area contributed by atoms with Gasteiger partial charge in [-0.2, -0.15) is 0 Å². The first kappa shape index (κ1) is 16.6. The molecular weight excluding hydrogens is 304 g/mol. The second kappa shape index (κ2) is 6.67. The summed E-state index contributed by atoms with van der Waals surface area (Å²) in [6, 6.07) is 6.09. The van der Waals surface area contributed by atoms with Crippen molar-refractivity contribution < 1.29 is 14.3 Å². The van der Waals surface area contributed by atoms with Crippen molar-refractivity contribution in [2.75, 3.05) is 13.2 Å². The topological polar surface area (TPSA) is 62.4 Å². The molecule has 1 atom stereocenters. The zero-order chi connectivity index (χ0) is 17.3. The molecule has 3 rings (SSSR count). The molecule has 0 unspecified atom stereocenters. The van der Waals surface area contributed by atoms with Crippen LogP contribution in [0, 0.1) is 13.8 Å². The van der Waals surface area contributed by atoms with Gasteiger partial charge < -0.3 is 14.6 Å². The molecule has 0 aliphatic carbocycles. The number of rotatable bonds is 3. The van der Waals surface area contributed by atoms with Gasteiger partial charge in [-0.15, -0.1) is 0 Å². The number of carbonyl (C=O) groups is 2. The molecule has 2 aromatic rings. The lowest BCUT2D eigenvalue weighted by atomic mass is 10.0. The molecule has 0 saturated carbocycles. The standard InChI is InChI=1S/C19H24N2O3/c1-12-8-13(2)15-10-17(20-16(15)9-12)19(23)24-11-18(22)21-7-5-4-6-14(21)3/h8-10,14,20H,4-7,11H2,1-3H3/t14-/m0/s1.